The Kier molecular flexibility index (Phi) is 7.33. The highest BCUT2D eigenvalue weighted by atomic mass is 32.2. The molecule has 0 saturated carbocycles. The number of primary amides is 1. The predicted molar refractivity (Wildman–Crippen MR) is 125 cm³/mol. The van der Waals surface area contributed by atoms with E-state index in [-0.39, 0.29) is 23.5 Å². The van der Waals surface area contributed by atoms with E-state index in [1.807, 2.05) is 85.8 Å². The Balaban J connectivity index is 0.000000668. The van der Waals surface area contributed by atoms with Gasteiger partial charge in [-0.15, -0.1) is 0 Å². The lowest BCUT2D eigenvalue weighted by atomic mass is 9.98. The van der Waals surface area contributed by atoms with Gasteiger partial charge in [-0.25, -0.2) is 8.42 Å². The molecule has 1 heterocycles. The van der Waals surface area contributed by atoms with Crippen molar-refractivity contribution in [3.8, 4) is 5.75 Å². The first kappa shape index (κ1) is 23.1. The van der Waals surface area contributed by atoms with Gasteiger partial charge in [-0.1, -0.05) is 66.3 Å². The van der Waals surface area contributed by atoms with E-state index >= 15 is 0 Å². The van der Waals surface area contributed by atoms with Crippen LogP contribution in [-0.4, -0.2) is 31.3 Å². The molecular formula is C25H26N2O4S. The van der Waals surface area contributed by atoms with Crippen LogP contribution in [-0.2, 0) is 14.8 Å². The van der Waals surface area contributed by atoms with E-state index in [2.05, 4.69) is 5.73 Å². The molecule has 0 radical (unpaired) electrons. The number of nitrogens with two attached hydrogens (primary N) is 1. The second kappa shape index (κ2) is 10.2. The fourth-order valence-corrected chi connectivity index (χ4v) is 4.89. The summed E-state index contributed by atoms with van der Waals surface area (Å²) in [5, 5.41) is 0. The van der Waals surface area contributed by atoms with E-state index in [0.717, 1.165) is 11.1 Å². The Morgan fingerprint density at radius 1 is 1.03 bits per heavy atom. The first-order valence-electron chi connectivity index (χ1n) is 10.1. The summed E-state index contributed by atoms with van der Waals surface area (Å²) in [5.41, 5.74) is 7.02. The zero-order valence-corrected chi connectivity index (χ0v) is 18.8. The van der Waals surface area contributed by atoms with Crippen molar-refractivity contribution in [2.45, 2.75) is 24.8 Å². The van der Waals surface area contributed by atoms with Crippen LogP contribution >= 0.6 is 0 Å². The van der Waals surface area contributed by atoms with E-state index in [1.165, 1.54) is 11.2 Å². The number of nitrogens with zero attached hydrogens (tertiary/aromatic N) is 1. The van der Waals surface area contributed by atoms with Crippen molar-refractivity contribution < 1.29 is 17.9 Å². The number of rotatable bonds is 5. The Morgan fingerprint density at radius 2 is 1.69 bits per heavy atom. The topological polar surface area (TPSA) is 89.7 Å². The molecule has 2 aromatic rings. The molecule has 0 aromatic heterocycles. The average Bonchev–Trinajstić information content (AvgIpc) is 2.78. The second-order valence-electron chi connectivity index (χ2n) is 7.34. The highest BCUT2D eigenvalue weighted by Gasteiger charge is 2.35. The third kappa shape index (κ3) is 5.56. The highest BCUT2D eigenvalue weighted by molar-refractivity contribution is 7.89. The lowest BCUT2D eigenvalue weighted by molar-refractivity contribution is -0.115. The van der Waals surface area contributed by atoms with Crippen molar-refractivity contribution in [3.05, 3.63) is 108 Å². The zero-order valence-electron chi connectivity index (χ0n) is 18.0. The average molecular weight is 451 g/mol. The van der Waals surface area contributed by atoms with Crippen molar-refractivity contribution >= 4 is 15.9 Å². The number of sulfonamides is 1. The summed E-state index contributed by atoms with van der Waals surface area (Å²) < 4.78 is 34.4. The van der Waals surface area contributed by atoms with Crippen LogP contribution in [0.4, 0.5) is 0 Å². The van der Waals surface area contributed by atoms with Crippen molar-refractivity contribution in [2.24, 2.45) is 5.73 Å². The number of allylic oxidation sites excluding steroid dienone is 4. The van der Waals surface area contributed by atoms with Gasteiger partial charge in [-0.05, 0) is 42.8 Å². The standard InChI is InChI=1S/C23H21NO3S.C2H5NO/c1-18-11-15-22(16-12-18)28(25,26)24-20(17-27-21-8-3-2-4-9-21)14-13-19-7-5-6-10-23(19)24;1-2(3)4/h2-16,23H,17H2,1H3;1H3,(H2,3,4). The molecule has 7 heteroatoms. The normalized spacial score (nSPS) is 16.8. The molecule has 0 saturated heterocycles. The number of para-hydroxylation sites is 1. The molecule has 1 aliphatic heterocycles. The van der Waals surface area contributed by atoms with Gasteiger partial charge in [0.2, 0.25) is 5.91 Å². The number of carbonyl (C=O) groups excluding carboxylic acids is 1. The van der Waals surface area contributed by atoms with Crippen LogP contribution in [0.1, 0.15) is 12.5 Å². The lowest BCUT2D eigenvalue weighted by Crippen LogP contribution is -2.42. The molecule has 6 nitrogen and oxygen atoms in total. The van der Waals surface area contributed by atoms with E-state index in [9.17, 15) is 13.2 Å². The number of fused-ring (bicyclic) bond motifs is 1. The minimum Gasteiger partial charge on any atom is -0.487 e. The molecule has 1 unspecified atom stereocenters. The lowest BCUT2D eigenvalue weighted by Gasteiger charge is -2.36. The van der Waals surface area contributed by atoms with E-state index in [0.29, 0.717) is 11.4 Å². The molecule has 1 amide bonds. The summed E-state index contributed by atoms with van der Waals surface area (Å²) in [6.45, 7) is 3.40. The highest BCUT2D eigenvalue weighted by Crippen LogP contribution is 2.32. The molecule has 166 valence electrons. The molecule has 4 rings (SSSR count). The zero-order chi connectivity index (χ0) is 23.1. The van der Waals surface area contributed by atoms with Crippen molar-refractivity contribution in [1.29, 1.82) is 0 Å². The summed E-state index contributed by atoms with van der Waals surface area (Å²) in [7, 11) is -3.74. The molecule has 1 atom stereocenters. The first-order chi connectivity index (χ1) is 15.3. The third-order valence-electron chi connectivity index (χ3n) is 4.75. The van der Waals surface area contributed by atoms with Gasteiger partial charge < -0.3 is 10.5 Å². The van der Waals surface area contributed by atoms with E-state index in [1.54, 1.807) is 12.1 Å². The summed E-state index contributed by atoms with van der Waals surface area (Å²) in [4.78, 5) is 9.49. The number of hydrogen-bond acceptors (Lipinski definition) is 4. The van der Waals surface area contributed by atoms with Crippen LogP contribution in [0.5, 0.6) is 5.75 Å². The van der Waals surface area contributed by atoms with Crippen LogP contribution in [0, 0.1) is 6.92 Å². The Bertz CT molecular complexity index is 1170. The van der Waals surface area contributed by atoms with Gasteiger partial charge in [0.25, 0.3) is 10.0 Å². The van der Waals surface area contributed by atoms with Crippen LogP contribution in [0.3, 0.4) is 0 Å². The molecule has 1 aliphatic carbocycles. The maximum atomic E-state index is 13.5. The van der Waals surface area contributed by atoms with Gasteiger partial charge in [0.1, 0.15) is 12.4 Å². The van der Waals surface area contributed by atoms with Crippen molar-refractivity contribution in [1.82, 2.24) is 4.31 Å². The number of ether oxygens (including phenoxy) is 1. The molecule has 0 bridgehead atoms. The fourth-order valence-electron chi connectivity index (χ4n) is 3.27. The molecule has 2 aromatic carbocycles. The van der Waals surface area contributed by atoms with Gasteiger partial charge in [0.05, 0.1) is 16.6 Å². The molecular weight excluding hydrogens is 424 g/mol. The molecule has 2 N–H and O–H groups in total. The number of aryl methyl sites for hydroxylation is 1. The van der Waals surface area contributed by atoms with Gasteiger partial charge >= 0.3 is 0 Å². The van der Waals surface area contributed by atoms with E-state index < -0.39 is 10.0 Å². The summed E-state index contributed by atoms with van der Waals surface area (Å²) in [6, 6.07) is 15.9. The minimum atomic E-state index is -3.74. The maximum Gasteiger partial charge on any atom is 0.265 e. The largest absolute Gasteiger partial charge is 0.487 e. The Morgan fingerprint density at radius 3 is 2.34 bits per heavy atom. The minimum absolute atomic E-state index is 0.160. The third-order valence-corrected chi connectivity index (χ3v) is 6.59. The fraction of sp³-hybridized carbons (Fsp3) is 0.160. The SMILES string of the molecule is CC(N)=O.Cc1ccc(S(=O)(=O)N2C(COc3ccccc3)=CC=C3C=CC=CC32)cc1. The number of hydrogen-bond donors (Lipinski definition) is 1. The molecule has 2 aliphatic rings. The summed E-state index contributed by atoms with van der Waals surface area (Å²) >= 11 is 0. The van der Waals surface area contributed by atoms with Crippen molar-refractivity contribution in [3.63, 3.8) is 0 Å². The predicted octanol–water partition coefficient (Wildman–Crippen LogP) is 3.87. The van der Waals surface area contributed by atoms with Crippen LogP contribution in [0.25, 0.3) is 0 Å². The molecule has 32 heavy (non-hydrogen) atoms. The van der Waals surface area contributed by atoms with Crippen molar-refractivity contribution in [2.75, 3.05) is 6.61 Å². The summed E-state index contributed by atoms with van der Waals surface area (Å²) in [6.07, 6.45) is 11.4. The number of amides is 1. The Labute approximate surface area is 189 Å². The first-order valence-corrected chi connectivity index (χ1v) is 11.5. The maximum absolute atomic E-state index is 13.5. The monoisotopic (exact) mass is 450 g/mol. The van der Waals surface area contributed by atoms with E-state index in [4.69, 9.17) is 4.74 Å². The molecule has 0 fully saturated rings. The quantitative estimate of drug-likeness (QED) is 0.749. The second-order valence-corrected chi connectivity index (χ2v) is 9.15. The van der Waals surface area contributed by atoms with Crippen LogP contribution in [0.15, 0.2) is 107 Å². The van der Waals surface area contributed by atoms with Gasteiger partial charge in [0, 0.05) is 6.92 Å². The Hall–Kier alpha value is -3.58. The number of carbonyl (C=O) groups is 1. The van der Waals surface area contributed by atoms with Gasteiger partial charge in [-0.3, -0.25) is 9.10 Å². The number of benzene rings is 2. The molecule has 0 spiro atoms. The van der Waals surface area contributed by atoms with Gasteiger partial charge in [0.15, 0.2) is 0 Å². The van der Waals surface area contributed by atoms with Gasteiger partial charge in [-0.2, -0.15) is 0 Å². The smallest absolute Gasteiger partial charge is 0.265 e. The summed E-state index contributed by atoms with van der Waals surface area (Å²) in [5.74, 6) is 0.366. The van der Waals surface area contributed by atoms with Crippen LogP contribution in [0.2, 0.25) is 0 Å². The van der Waals surface area contributed by atoms with Crippen LogP contribution < -0.4 is 10.5 Å².